The van der Waals surface area contributed by atoms with Crippen molar-refractivity contribution in [2.75, 3.05) is 11.9 Å². The molecule has 0 aliphatic heterocycles. The Morgan fingerprint density at radius 2 is 2.04 bits per heavy atom. The zero-order valence-corrected chi connectivity index (χ0v) is 13.7. The third-order valence-electron chi connectivity index (χ3n) is 3.08. The monoisotopic (exact) mass is 326 g/mol. The number of hydrogen-bond acceptors (Lipinski definition) is 3. The molecule has 23 heavy (non-hydrogen) atoms. The molecule has 0 fully saturated rings. The van der Waals surface area contributed by atoms with Crippen LogP contribution in [-0.2, 0) is 0 Å². The zero-order valence-electron chi connectivity index (χ0n) is 12.8. The lowest BCUT2D eigenvalue weighted by Crippen LogP contribution is -2.34. The van der Waals surface area contributed by atoms with Crippen molar-refractivity contribution < 1.29 is 9.53 Å². The van der Waals surface area contributed by atoms with E-state index in [1.807, 2.05) is 43.3 Å². The minimum atomic E-state index is -0.236. The van der Waals surface area contributed by atoms with Gasteiger partial charge in [0.2, 0.25) is 0 Å². The number of amides is 1. The second-order valence-electron chi connectivity index (χ2n) is 4.85. The summed E-state index contributed by atoms with van der Waals surface area (Å²) in [4.78, 5) is 12.2. The molecule has 2 aromatic rings. The predicted octanol–water partition coefficient (Wildman–Crippen LogP) is 3.69. The van der Waals surface area contributed by atoms with Crippen LogP contribution >= 0.6 is 12.2 Å². The third-order valence-corrected chi connectivity index (χ3v) is 3.28. The van der Waals surface area contributed by atoms with E-state index in [-0.39, 0.29) is 11.0 Å². The van der Waals surface area contributed by atoms with Gasteiger partial charge >= 0.3 is 0 Å². The topological polar surface area (TPSA) is 50.4 Å². The molecule has 0 heterocycles. The van der Waals surface area contributed by atoms with E-state index in [2.05, 4.69) is 17.2 Å². The van der Waals surface area contributed by atoms with Gasteiger partial charge in [0.25, 0.3) is 5.91 Å². The molecule has 0 saturated carbocycles. The summed E-state index contributed by atoms with van der Waals surface area (Å²) < 4.78 is 5.45. The first-order valence-electron chi connectivity index (χ1n) is 7.12. The molecule has 0 unspecified atom stereocenters. The Hall–Kier alpha value is -2.66. The molecule has 1 amide bonds. The molecule has 118 valence electrons. The summed E-state index contributed by atoms with van der Waals surface area (Å²) >= 11 is 5.19. The number of thiocarbonyl (C=S) groups is 1. The summed E-state index contributed by atoms with van der Waals surface area (Å²) in [6.45, 7) is 5.92. The van der Waals surface area contributed by atoms with Crippen molar-refractivity contribution in [1.82, 2.24) is 5.32 Å². The van der Waals surface area contributed by atoms with E-state index in [1.54, 1.807) is 18.2 Å². The second-order valence-corrected chi connectivity index (χ2v) is 5.26. The normalized spacial score (nSPS) is 9.78. The highest BCUT2D eigenvalue weighted by molar-refractivity contribution is 7.80. The maximum Gasteiger partial charge on any atom is 0.257 e. The molecular formula is C18H18N2O2S. The maximum atomic E-state index is 12.2. The van der Waals surface area contributed by atoms with E-state index in [1.165, 1.54) is 0 Å². The van der Waals surface area contributed by atoms with Crippen LogP contribution in [0.15, 0.2) is 61.2 Å². The zero-order chi connectivity index (χ0) is 16.7. The van der Waals surface area contributed by atoms with E-state index in [0.29, 0.717) is 17.9 Å². The lowest BCUT2D eigenvalue weighted by molar-refractivity contribution is 0.0977. The van der Waals surface area contributed by atoms with Crippen molar-refractivity contribution in [2.45, 2.75) is 6.92 Å². The minimum absolute atomic E-state index is 0.235. The lowest BCUT2D eigenvalue weighted by Gasteiger charge is -2.12. The summed E-state index contributed by atoms with van der Waals surface area (Å²) in [7, 11) is 0. The highest BCUT2D eigenvalue weighted by Gasteiger charge is 2.10. The van der Waals surface area contributed by atoms with Crippen molar-refractivity contribution in [3.8, 4) is 5.75 Å². The first kappa shape index (κ1) is 16.7. The second kappa shape index (κ2) is 8.10. The Balaban J connectivity index is 1.98. The summed E-state index contributed by atoms with van der Waals surface area (Å²) in [5, 5.41) is 5.88. The van der Waals surface area contributed by atoms with Gasteiger partial charge in [-0.25, -0.2) is 0 Å². The van der Waals surface area contributed by atoms with Gasteiger partial charge in [-0.15, -0.1) is 0 Å². The Labute approximate surface area is 141 Å². The first-order valence-corrected chi connectivity index (χ1v) is 7.52. The SMILES string of the molecule is C=CCOc1cccc(NC(=S)NC(=O)c2ccccc2C)c1. The summed E-state index contributed by atoms with van der Waals surface area (Å²) in [6.07, 6.45) is 1.67. The van der Waals surface area contributed by atoms with Crippen LogP contribution in [0.25, 0.3) is 0 Å². The standard InChI is InChI=1S/C18H18N2O2S/c1-3-11-22-15-9-6-8-14(12-15)19-18(23)20-17(21)16-10-5-4-7-13(16)2/h3-10,12H,1,11H2,2H3,(H2,19,20,21,23). The fourth-order valence-electron chi connectivity index (χ4n) is 1.98. The fourth-order valence-corrected chi connectivity index (χ4v) is 2.19. The third kappa shape index (κ3) is 4.93. The molecule has 0 spiro atoms. The van der Waals surface area contributed by atoms with Gasteiger partial charge in [0.1, 0.15) is 12.4 Å². The first-order chi connectivity index (χ1) is 11.1. The average Bonchev–Trinajstić information content (AvgIpc) is 2.53. The Morgan fingerprint density at radius 3 is 2.78 bits per heavy atom. The number of carbonyl (C=O) groups is 1. The van der Waals surface area contributed by atoms with Gasteiger partial charge in [-0.05, 0) is 42.9 Å². The van der Waals surface area contributed by atoms with E-state index < -0.39 is 0 Å². The molecule has 5 heteroatoms. The van der Waals surface area contributed by atoms with Crippen LogP contribution in [0.5, 0.6) is 5.75 Å². The molecule has 2 aromatic carbocycles. The number of nitrogens with one attached hydrogen (secondary N) is 2. The molecule has 0 radical (unpaired) electrons. The highest BCUT2D eigenvalue weighted by Crippen LogP contribution is 2.17. The van der Waals surface area contributed by atoms with Crippen molar-refractivity contribution in [2.24, 2.45) is 0 Å². The molecule has 2 N–H and O–H groups in total. The summed E-state index contributed by atoms with van der Waals surface area (Å²) in [5.74, 6) is 0.461. The number of anilines is 1. The van der Waals surface area contributed by atoms with Crippen LogP contribution < -0.4 is 15.4 Å². The quantitative estimate of drug-likeness (QED) is 0.650. The van der Waals surface area contributed by atoms with Crippen LogP contribution in [-0.4, -0.2) is 17.6 Å². The van der Waals surface area contributed by atoms with Gasteiger partial charge in [-0.2, -0.15) is 0 Å². The number of benzene rings is 2. The van der Waals surface area contributed by atoms with Crippen LogP contribution in [0.1, 0.15) is 15.9 Å². The number of aryl methyl sites for hydroxylation is 1. The highest BCUT2D eigenvalue weighted by atomic mass is 32.1. The largest absolute Gasteiger partial charge is 0.489 e. The fraction of sp³-hybridized carbons (Fsp3) is 0.111. The average molecular weight is 326 g/mol. The maximum absolute atomic E-state index is 12.2. The van der Waals surface area contributed by atoms with Gasteiger partial charge in [0, 0.05) is 17.3 Å². The molecule has 4 nitrogen and oxygen atoms in total. The van der Waals surface area contributed by atoms with Crippen molar-refractivity contribution >= 4 is 28.9 Å². The smallest absolute Gasteiger partial charge is 0.257 e. The van der Waals surface area contributed by atoms with E-state index >= 15 is 0 Å². The number of ether oxygens (including phenoxy) is 1. The Bertz CT molecular complexity index is 728. The molecule has 0 atom stereocenters. The Morgan fingerprint density at radius 1 is 1.26 bits per heavy atom. The molecular weight excluding hydrogens is 308 g/mol. The van der Waals surface area contributed by atoms with Gasteiger partial charge in [0.15, 0.2) is 5.11 Å². The number of carbonyl (C=O) groups excluding carboxylic acids is 1. The predicted molar refractivity (Wildman–Crippen MR) is 97.0 cm³/mol. The molecule has 2 rings (SSSR count). The number of hydrogen-bond donors (Lipinski definition) is 2. The van der Waals surface area contributed by atoms with Crippen molar-refractivity contribution in [3.63, 3.8) is 0 Å². The Kier molecular flexibility index (Phi) is 5.88. The van der Waals surface area contributed by atoms with Gasteiger partial charge < -0.3 is 10.1 Å². The van der Waals surface area contributed by atoms with Gasteiger partial charge in [-0.1, -0.05) is 36.9 Å². The molecule has 0 bridgehead atoms. The van der Waals surface area contributed by atoms with E-state index in [4.69, 9.17) is 17.0 Å². The number of rotatable bonds is 5. The van der Waals surface area contributed by atoms with Gasteiger partial charge in [-0.3, -0.25) is 10.1 Å². The van der Waals surface area contributed by atoms with Crippen molar-refractivity contribution in [3.05, 3.63) is 72.3 Å². The van der Waals surface area contributed by atoms with Crippen LogP contribution in [0.4, 0.5) is 5.69 Å². The van der Waals surface area contributed by atoms with Crippen LogP contribution in [0, 0.1) is 6.92 Å². The summed E-state index contributed by atoms with van der Waals surface area (Å²) in [5.41, 5.74) is 2.23. The lowest BCUT2D eigenvalue weighted by atomic mass is 10.1. The summed E-state index contributed by atoms with van der Waals surface area (Å²) in [6, 6.07) is 14.7. The van der Waals surface area contributed by atoms with Crippen LogP contribution in [0.2, 0.25) is 0 Å². The minimum Gasteiger partial charge on any atom is -0.489 e. The van der Waals surface area contributed by atoms with E-state index in [0.717, 1.165) is 11.3 Å². The molecule has 0 aromatic heterocycles. The van der Waals surface area contributed by atoms with E-state index in [9.17, 15) is 4.79 Å². The molecule has 0 aliphatic rings. The van der Waals surface area contributed by atoms with Crippen molar-refractivity contribution in [1.29, 1.82) is 0 Å². The molecule has 0 saturated heterocycles. The molecule has 0 aliphatic carbocycles. The van der Waals surface area contributed by atoms with Gasteiger partial charge in [0.05, 0.1) is 0 Å². The van der Waals surface area contributed by atoms with Crippen LogP contribution in [0.3, 0.4) is 0 Å².